The molecule has 1 aromatic carbocycles. The van der Waals surface area contributed by atoms with Crippen molar-refractivity contribution in [3.8, 4) is 5.75 Å². The largest absolute Gasteiger partial charge is 0.497 e. The van der Waals surface area contributed by atoms with Crippen molar-refractivity contribution in [2.75, 3.05) is 33.8 Å². The molecule has 0 bridgehead atoms. The minimum Gasteiger partial charge on any atom is -0.497 e. The van der Waals surface area contributed by atoms with E-state index in [-0.39, 0.29) is 11.9 Å². The number of aliphatic hydroxyl groups excluding tert-OH is 1. The van der Waals surface area contributed by atoms with Gasteiger partial charge in [0.25, 0.3) is 0 Å². The van der Waals surface area contributed by atoms with E-state index in [1.165, 1.54) is 13.2 Å². The van der Waals surface area contributed by atoms with E-state index in [4.69, 9.17) is 4.74 Å². The number of nitrogens with zero attached hydrogens (tertiary/aromatic N) is 4. The molecule has 1 N–H and O–H groups in total. The van der Waals surface area contributed by atoms with Crippen molar-refractivity contribution in [3.05, 3.63) is 48.0 Å². The summed E-state index contributed by atoms with van der Waals surface area (Å²) < 4.78 is 21.1. The second kappa shape index (κ2) is 8.62. The summed E-state index contributed by atoms with van der Waals surface area (Å²) in [4.78, 5) is 4.29. The molecule has 0 radical (unpaired) electrons. The molecule has 2 heterocycles. The first-order chi connectivity index (χ1) is 12.6. The van der Waals surface area contributed by atoms with Crippen LogP contribution in [-0.4, -0.2) is 70.6 Å². The highest BCUT2D eigenvalue weighted by Gasteiger charge is 2.34. The average molecular weight is 362 g/mol. The molecular formula is C19H27FN4O2. The summed E-state index contributed by atoms with van der Waals surface area (Å²) in [6, 6.07) is 6.90. The minimum atomic E-state index is -0.425. The maximum absolute atomic E-state index is 14.2. The minimum absolute atomic E-state index is 0.0638. The topological polar surface area (TPSA) is 53.8 Å². The lowest BCUT2D eigenvalue weighted by Crippen LogP contribution is -2.41. The number of hydrogen-bond acceptors (Lipinski definition) is 5. The molecule has 6 nitrogen and oxygen atoms in total. The van der Waals surface area contributed by atoms with Gasteiger partial charge < -0.3 is 9.84 Å². The summed E-state index contributed by atoms with van der Waals surface area (Å²) in [6.07, 6.45) is 4.27. The molecule has 7 heteroatoms. The number of hydrogen-bond donors (Lipinski definition) is 1. The molecule has 26 heavy (non-hydrogen) atoms. The van der Waals surface area contributed by atoms with Crippen molar-refractivity contribution in [2.24, 2.45) is 0 Å². The first-order valence-electron chi connectivity index (χ1n) is 8.97. The number of rotatable bonds is 8. The van der Waals surface area contributed by atoms with Crippen LogP contribution in [-0.2, 0) is 13.1 Å². The SMILES string of the molecule is COc1ccc(CN2C[C@H](O)[C@@H](N(C)CCCn3cccn3)C2)c(F)c1. The highest BCUT2D eigenvalue weighted by molar-refractivity contribution is 5.29. The molecule has 1 aliphatic rings. The fourth-order valence-corrected chi connectivity index (χ4v) is 3.51. The third kappa shape index (κ3) is 4.60. The van der Waals surface area contributed by atoms with Crippen molar-refractivity contribution in [2.45, 2.75) is 31.7 Å². The average Bonchev–Trinajstić information content (AvgIpc) is 3.26. The predicted molar refractivity (Wildman–Crippen MR) is 97.5 cm³/mol. The third-order valence-electron chi connectivity index (χ3n) is 5.01. The van der Waals surface area contributed by atoms with Crippen molar-refractivity contribution < 1.29 is 14.2 Å². The summed E-state index contributed by atoms with van der Waals surface area (Å²) in [6.45, 7) is 3.52. The molecular weight excluding hydrogens is 335 g/mol. The number of aryl methyl sites for hydroxylation is 1. The van der Waals surface area contributed by atoms with Gasteiger partial charge in [0.2, 0.25) is 0 Å². The Bertz CT molecular complexity index is 695. The number of aliphatic hydroxyl groups is 1. The van der Waals surface area contributed by atoms with E-state index in [0.29, 0.717) is 24.4 Å². The number of likely N-dealkylation sites (tertiary alicyclic amines) is 1. The molecule has 1 saturated heterocycles. The van der Waals surface area contributed by atoms with Gasteiger partial charge in [-0.15, -0.1) is 0 Å². The van der Waals surface area contributed by atoms with Crippen molar-refractivity contribution >= 4 is 0 Å². The zero-order valence-electron chi connectivity index (χ0n) is 15.4. The van der Waals surface area contributed by atoms with Crippen LogP contribution in [0.2, 0.25) is 0 Å². The van der Waals surface area contributed by atoms with Crippen molar-refractivity contribution in [1.29, 1.82) is 0 Å². The molecule has 3 rings (SSSR count). The number of benzene rings is 1. The van der Waals surface area contributed by atoms with Gasteiger partial charge in [-0.25, -0.2) is 4.39 Å². The Balaban J connectivity index is 1.50. The quantitative estimate of drug-likeness (QED) is 0.773. The summed E-state index contributed by atoms with van der Waals surface area (Å²) in [5.74, 6) is 0.248. The molecule has 2 aromatic rings. The third-order valence-corrected chi connectivity index (χ3v) is 5.01. The zero-order chi connectivity index (χ0) is 18.5. The van der Waals surface area contributed by atoms with E-state index in [1.807, 2.05) is 24.0 Å². The van der Waals surface area contributed by atoms with Crippen LogP contribution in [0.5, 0.6) is 5.75 Å². The van der Waals surface area contributed by atoms with Gasteiger partial charge >= 0.3 is 0 Å². The zero-order valence-corrected chi connectivity index (χ0v) is 15.4. The monoisotopic (exact) mass is 362 g/mol. The Morgan fingerprint density at radius 2 is 2.23 bits per heavy atom. The Labute approximate surface area is 153 Å². The van der Waals surface area contributed by atoms with Crippen LogP contribution in [0.3, 0.4) is 0 Å². The van der Waals surface area contributed by atoms with Crippen LogP contribution >= 0.6 is 0 Å². The van der Waals surface area contributed by atoms with Gasteiger partial charge in [-0.1, -0.05) is 6.07 Å². The molecule has 0 unspecified atom stereocenters. The Morgan fingerprint density at radius 1 is 1.38 bits per heavy atom. The van der Waals surface area contributed by atoms with Gasteiger partial charge in [0, 0.05) is 62.8 Å². The summed E-state index contributed by atoms with van der Waals surface area (Å²) in [5.41, 5.74) is 0.625. The Kier molecular flexibility index (Phi) is 6.24. The number of methoxy groups -OCH3 is 1. The van der Waals surface area contributed by atoms with Crippen LogP contribution in [0.15, 0.2) is 36.7 Å². The number of likely N-dealkylation sites (N-methyl/N-ethyl adjacent to an activating group) is 1. The van der Waals surface area contributed by atoms with E-state index >= 15 is 0 Å². The molecule has 1 aliphatic heterocycles. The maximum atomic E-state index is 14.2. The standard InChI is InChI=1S/C19H27FN4O2/c1-22(8-4-10-24-9-3-7-21-24)18-13-23(14-19(18)25)12-15-5-6-16(26-2)11-17(15)20/h3,5-7,9,11,18-19,25H,4,8,10,12-14H2,1-2H3/t18-,19-/m0/s1. The second-order valence-electron chi connectivity index (χ2n) is 6.89. The summed E-state index contributed by atoms with van der Waals surface area (Å²) >= 11 is 0. The lowest BCUT2D eigenvalue weighted by Gasteiger charge is -2.26. The molecule has 142 valence electrons. The van der Waals surface area contributed by atoms with Gasteiger partial charge in [-0.05, 0) is 25.6 Å². The molecule has 2 atom stereocenters. The van der Waals surface area contributed by atoms with Gasteiger partial charge in [0.15, 0.2) is 0 Å². The molecule has 1 aromatic heterocycles. The second-order valence-corrected chi connectivity index (χ2v) is 6.89. The fraction of sp³-hybridized carbons (Fsp3) is 0.526. The molecule has 0 saturated carbocycles. The smallest absolute Gasteiger partial charge is 0.131 e. The predicted octanol–water partition coefficient (Wildman–Crippen LogP) is 1.60. The van der Waals surface area contributed by atoms with Crippen molar-refractivity contribution in [1.82, 2.24) is 19.6 Å². The fourth-order valence-electron chi connectivity index (χ4n) is 3.51. The molecule has 1 fully saturated rings. The first kappa shape index (κ1) is 18.8. The van der Waals surface area contributed by atoms with Gasteiger partial charge in [-0.2, -0.15) is 5.10 Å². The van der Waals surface area contributed by atoms with E-state index in [0.717, 1.165) is 26.1 Å². The summed E-state index contributed by atoms with van der Waals surface area (Å²) in [5, 5.41) is 14.6. The van der Waals surface area contributed by atoms with E-state index in [1.54, 1.807) is 18.3 Å². The van der Waals surface area contributed by atoms with Crippen LogP contribution in [0, 0.1) is 5.82 Å². The maximum Gasteiger partial charge on any atom is 0.131 e. The van der Waals surface area contributed by atoms with Crippen LogP contribution in [0.25, 0.3) is 0 Å². The lowest BCUT2D eigenvalue weighted by molar-refractivity contribution is 0.0972. The Morgan fingerprint density at radius 3 is 2.92 bits per heavy atom. The Hall–Kier alpha value is -1.96. The first-order valence-corrected chi connectivity index (χ1v) is 8.97. The van der Waals surface area contributed by atoms with Crippen LogP contribution in [0.4, 0.5) is 4.39 Å². The summed E-state index contributed by atoms with van der Waals surface area (Å²) in [7, 11) is 3.56. The van der Waals surface area contributed by atoms with Crippen LogP contribution in [0.1, 0.15) is 12.0 Å². The number of aromatic nitrogens is 2. The van der Waals surface area contributed by atoms with E-state index < -0.39 is 6.10 Å². The van der Waals surface area contributed by atoms with Crippen LogP contribution < -0.4 is 4.74 Å². The lowest BCUT2D eigenvalue weighted by atomic mass is 10.2. The van der Waals surface area contributed by atoms with E-state index in [9.17, 15) is 9.50 Å². The van der Waals surface area contributed by atoms with Gasteiger partial charge in [0.05, 0.1) is 13.2 Å². The van der Waals surface area contributed by atoms with Crippen molar-refractivity contribution in [3.63, 3.8) is 0 Å². The van der Waals surface area contributed by atoms with E-state index in [2.05, 4.69) is 14.9 Å². The normalized spacial score (nSPS) is 20.8. The molecule has 0 spiro atoms. The number of halogens is 1. The van der Waals surface area contributed by atoms with Gasteiger partial charge in [-0.3, -0.25) is 14.5 Å². The molecule has 0 aliphatic carbocycles. The number of β-amino-alcohol motifs (C(OH)–C–C–N with tert-alkyl or cyclic N) is 1. The van der Waals surface area contributed by atoms with Gasteiger partial charge in [0.1, 0.15) is 11.6 Å². The highest BCUT2D eigenvalue weighted by atomic mass is 19.1. The highest BCUT2D eigenvalue weighted by Crippen LogP contribution is 2.22. The molecule has 0 amide bonds. The number of ether oxygens (including phenoxy) is 1.